The molecule has 1 aliphatic rings. The molecule has 0 bridgehead atoms. The van der Waals surface area contributed by atoms with Gasteiger partial charge in [0, 0.05) is 37.8 Å². The van der Waals surface area contributed by atoms with Gasteiger partial charge in [-0.15, -0.1) is 0 Å². The number of carbonyl (C=O) groups is 2. The first-order chi connectivity index (χ1) is 12.2. The number of hydrogen-bond acceptors (Lipinski definition) is 6. The number of carbonyl (C=O) groups excluding carboxylic acids is 2. The van der Waals surface area contributed by atoms with E-state index in [2.05, 4.69) is 32.5 Å². The lowest BCUT2D eigenvalue weighted by Gasteiger charge is -2.38. The molecule has 0 radical (unpaired) electrons. The zero-order valence-electron chi connectivity index (χ0n) is 16.5. The highest BCUT2D eigenvalue weighted by atomic mass is 16.5. The molecule has 0 spiro atoms. The van der Waals surface area contributed by atoms with Crippen LogP contribution in [0.15, 0.2) is 10.6 Å². The number of hydrogen-bond donors (Lipinski definition) is 2. The molecule has 1 aromatic heterocycles. The Balaban J connectivity index is 1.75. The lowest BCUT2D eigenvalue weighted by atomic mass is 10.0. The SMILES string of the molecule is CCC(C)(C)NC(=O)C(C)N1CCN(CC(=O)Nc2cc(C)on2)CC1. The summed E-state index contributed by atoms with van der Waals surface area (Å²) in [6, 6.07) is 1.52. The predicted octanol–water partition coefficient (Wildman–Crippen LogP) is 1.23. The molecule has 26 heavy (non-hydrogen) atoms. The molecule has 0 aliphatic carbocycles. The van der Waals surface area contributed by atoms with Crippen LogP contribution in [0.2, 0.25) is 0 Å². The van der Waals surface area contributed by atoms with Crippen molar-refractivity contribution in [1.29, 1.82) is 0 Å². The van der Waals surface area contributed by atoms with Crippen LogP contribution in [0.3, 0.4) is 0 Å². The van der Waals surface area contributed by atoms with Crippen LogP contribution in [0.25, 0.3) is 0 Å². The van der Waals surface area contributed by atoms with Crippen LogP contribution < -0.4 is 10.6 Å². The number of rotatable bonds is 7. The van der Waals surface area contributed by atoms with Crippen LogP contribution in [-0.4, -0.2) is 71.1 Å². The molecule has 1 saturated heterocycles. The van der Waals surface area contributed by atoms with Crippen molar-refractivity contribution in [2.24, 2.45) is 0 Å². The van der Waals surface area contributed by atoms with Gasteiger partial charge in [-0.2, -0.15) is 0 Å². The van der Waals surface area contributed by atoms with Gasteiger partial charge in [-0.3, -0.25) is 19.4 Å². The van der Waals surface area contributed by atoms with E-state index in [0.29, 0.717) is 18.1 Å². The summed E-state index contributed by atoms with van der Waals surface area (Å²) < 4.78 is 4.94. The third-order valence-corrected chi connectivity index (χ3v) is 4.94. The third kappa shape index (κ3) is 5.81. The van der Waals surface area contributed by atoms with Gasteiger partial charge in [0.25, 0.3) is 0 Å². The molecule has 2 rings (SSSR count). The fourth-order valence-corrected chi connectivity index (χ4v) is 2.81. The standard InChI is InChI=1S/C18H31N5O3/c1-6-18(4,5)20-17(25)14(3)23-9-7-22(8-10-23)12-16(24)19-15-11-13(2)26-21-15/h11,14H,6-10,12H2,1-5H3,(H,20,25)(H,19,21,24). The van der Waals surface area contributed by atoms with E-state index in [1.165, 1.54) is 0 Å². The largest absolute Gasteiger partial charge is 0.360 e. The molecule has 1 aromatic rings. The number of piperazine rings is 1. The van der Waals surface area contributed by atoms with Crippen molar-refractivity contribution in [2.75, 3.05) is 38.0 Å². The second-order valence-corrected chi connectivity index (χ2v) is 7.59. The maximum atomic E-state index is 12.4. The van der Waals surface area contributed by atoms with Crippen molar-refractivity contribution < 1.29 is 14.1 Å². The number of aryl methyl sites for hydroxylation is 1. The molecule has 1 unspecified atom stereocenters. The van der Waals surface area contributed by atoms with Crippen molar-refractivity contribution in [3.8, 4) is 0 Å². The molecule has 2 heterocycles. The van der Waals surface area contributed by atoms with Crippen LogP contribution in [0.5, 0.6) is 0 Å². The zero-order valence-corrected chi connectivity index (χ0v) is 16.5. The van der Waals surface area contributed by atoms with Crippen molar-refractivity contribution in [3.05, 3.63) is 11.8 Å². The van der Waals surface area contributed by atoms with E-state index < -0.39 is 0 Å². The number of amides is 2. The Morgan fingerprint density at radius 1 is 1.31 bits per heavy atom. The van der Waals surface area contributed by atoms with Gasteiger partial charge in [-0.05, 0) is 34.1 Å². The first-order valence-electron chi connectivity index (χ1n) is 9.22. The Morgan fingerprint density at radius 3 is 2.50 bits per heavy atom. The quantitative estimate of drug-likeness (QED) is 0.755. The van der Waals surface area contributed by atoms with Gasteiger partial charge in [0.1, 0.15) is 5.76 Å². The van der Waals surface area contributed by atoms with Gasteiger partial charge < -0.3 is 15.2 Å². The van der Waals surface area contributed by atoms with Crippen LogP contribution in [0.1, 0.15) is 39.9 Å². The summed E-state index contributed by atoms with van der Waals surface area (Å²) in [7, 11) is 0. The van der Waals surface area contributed by atoms with Crippen molar-refractivity contribution in [3.63, 3.8) is 0 Å². The van der Waals surface area contributed by atoms with Gasteiger partial charge in [-0.25, -0.2) is 0 Å². The smallest absolute Gasteiger partial charge is 0.239 e. The second kappa shape index (κ2) is 8.64. The van der Waals surface area contributed by atoms with Gasteiger partial charge in [0.2, 0.25) is 11.8 Å². The Bertz CT molecular complexity index is 620. The molecular weight excluding hydrogens is 334 g/mol. The highest BCUT2D eigenvalue weighted by Crippen LogP contribution is 2.12. The fourth-order valence-electron chi connectivity index (χ4n) is 2.81. The minimum atomic E-state index is -0.190. The summed E-state index contributed by atoms with van der Waals surface area (Å²) in [6.45, 7) is 13.2. The normalized spacial score (nSPS) is 17.7. The van der Waals surface area contributed by atoms with Gasteiger partial charge in [0.15, 0.2) is 5.82 Å². The fraction of sp³-hybridized carbons (Fsp3) is 0.722. The Hall–Kier alpha value is -1.93. The molecule has 1 fully saturated rings. The number of aromatic nitrogens is 1. The summed E-state index contributed by atoms with van der Waals surface area (Å²) in [5.74, 6) is 1.05. The Morgan fingerprint density at radius 2 is 1.96 bits per heavy atom. The molecule has 8 heteroatoms. The maximum absolute atomic E-state index is 12.4. The van der Waals surface area contributed by atoms with Gasteiger partial charge in [0.05, 0.1) is 12.6 Å². The molecule has 0 aromatic carbocycles. The predicted molar refractivity (Wildman–Crippen MR) is 99.9 cm³/mol. The average Bonchev–Trinajstić information content (AvgIpc) is 2.99. The van der Waals surface area contributed by atoms with Crippen molar-refractivity contribution in [1.82, 2.24) is 20.3 Å². The number of anilines is 1. The van der Waals surface area contributed by atoms with E-state index in [1.807, 2.05) is 20.8 Å². The van der Waals surface area contributed by atoms with E-state index in [9.17, 15) is 9.59 Å². The molecular formula is C18H31N5O3. The van der Waals surface area contributed by atoms with E-state index in [4.69, 9.17) is 4.52 Å². The number of nitrogens with zero attached hydrogens (tertiary/aromatic N) is 3. The van der Waals surface area contributed by atoms with Gasteiger partial charge in [-0.1, -0.05) is 12.1 Å². The van der Waals surface area contributed by atoms with E-state index in [-0.39, 0.29) is 23.4 Å². The van der Waals surface area contributed by atoms with Crippen LogP contribution in [-0.2, 0) is 9.59 Å². The van der Waals surface area contributed by atoms with E-state index in [0.717, 1.165) is 32.6 Å². The van der Waals surface area contributed by atoms with Crippen molar-refractivity contribution in [2.45, 2.75) is 52.6 Å². The Labute approximate surface area is 155 Å². The molecule has 8 nitrogen and oxygen atoms in total. The molecule has 146 valence electrons. The molecule has 0 saturated carbocycles. The van der Waals surface area contributed by atoms with Crippen LogP contribution >= 0.6 is 0 Å². The molecule has 2 amide bonds. The third-order valence-electron chi connectivity index (χ3n) is 4.94. The first kappa shape index (κ1) is 20.4. The average molecular weight is 365 g/mol. The minimum Gasteiger partial charge on any atom is -0.360 e. The van der Waals surface area contributed by atoms with Crippen molar-refractivity contribution >= 4 is 17.6 Å². The maximum Gasteiger partial charge on any atom is 0.239 e. The monoisotopic (exact) mass is 365 g/mol. The zero-order chi connectivity index (χ0) is 19.3. The summed E-state index contributed by atoms with van der Waals surface area (Å²) in [5.41, 5.74) is -0.190. The topological polar surface area (TPSA) is 90.7 Å². The summed E-state index contributed by atoms with van der Waals surface area (Å²) in [5, 5.41) is 9.59. The summed E-state index contributed by atoms with van der Waals surface area (Å²) in [4.78, 5) is 28.8. The first-order valence-corrected chi connectivity index (χ1v) is 9.22. The highest BCUT2D eigenvalue weighted by Gasteiger charge is 2.29. The molecule has 2 N–H and O–H groups in total. The lowest BCUT2D eigenvalue weighted by Crippen LogP contribution is -2.57. The number of nitrogens with one attached hydrogen (secondary N) is 2. The Kier molecular flexibility index (Phi) is 6.77. The van der Waals surface area contributed by atoms with E-state index >= 15 is 0 Å². The molecule has 1 atom stereocenters. The second-order valence-electron chi connectivity index (χ2n) is 7.59. The van der Waals surface area contributed by atoms with Crippen LogP contribution in [0, 0.1) is 6.92 Å². The summed E-state index contributed by atoms with van der Waals surface area (Å²) >= 11 is 0. The van der Waals surface area contributed by atoms with Gasteiger partial charge >= 0.3 is 0 Å². The van der Waals surface area contributed by atoms with Crippen LogP contribution in [0.4, 0.5) is 5.82 Å². The lowest BCUT2D eigenvalue weighted by molar-refractivity contribution is -0.128. The van der Waals surface area contributed by atoms with E-state index in [1.54, 1.807) is 13.0 Å². The molecule has 1 aliphatic heterocycles. The highest BCUT2D eigenvalue weighted by molar-refractivity contribution is 5.91. The minimum absolute atomic E-state index is 0.0597. The summed E-state index contributed by atoms with van der Waals surface area (Å²) in [6.07, 6.45) is 0.888.